The largest absolute Gasteiger partial charge is 0.491 e. The predicted molar refractivity (Wildman–Crippen MR) is 84.7 cm³/mol. The van der Waals surface area contributed by atoms with Crippen molar-refractivity contribution in [2.75, 3.05) is 13.1 Å². The van der Waals surface area contributed by atoms with Crippen molar-refractivity contribution in [3.8, 4) is 5.75 Å². The molecule has 0 saturated carbocycles. The lowest BCUT2D eigenvalue weighted by molar-refractivity contribution is 0.0915. The molecule has 0 radical (unpaired) electrons. The minimum absolute atomic E-state index is 0.00867. The van der Waals surface area contributed by atoms with Crippen LogP contribution < -0.4 is 15.4 Å². The van der Waals surface area contributed by atoms with E-state index in [1.165, 1.54) is 0 Å². The Bertz CT molecular complexity index is 458. The summed E-state index contributed by atoms with van der Waals surface area (Å²) < 4.78 is 5.72. The molecule has 0 bridgehead atoms. The SMILES string of the molecule is CCC(C)Oc1ccc(C(=O)NC2CNCCC2C)cc1. The minimum Gasteiger partial charge on any atom is -0.491 e. The van der Waals surface area contributed by atoms with E-state index in [1.807, 2.05) is 31.2 Å². The standard InChI is InChI=1S/C17H26N2O2/c1-4-13(3)21-15-7-5-14(6-8-15)17(20)19-16-11-18-10-9-12(16)2/h5-8,12-13,16,18H,4,9-11H2,1-3H3,(H,19,20). The van der Waals surface area contributed by atoms with Crippen molar-refractivity contribution in [1.82, 2.24) is 10.6 Å². The van der Waals surface area contributed by atoms with Crippen molar-refractivity contribution in [2.24, 2.45) is 5.92 Å². The zero-order valence-electron chi connectivity index (χ0n) is 13.2. The Morgan fingerprint density at radius 3 is 2.76 bits per heavy atom. The Kier molecular flexibility index (Phi) is 5.62. The van der Waals surface area contributed by atoms with Crippen molar-refractivity contribution >= 4 is 5.91 Å². The van der Waals surface area contributed by atoms with E-state index < -0.39 is 0 Å². The maximum Gasteiger partial charge on any atom is 0.251 e. The van der Waals surface area contributed by atoms with Crippen molar-refractivity contribution < 1.29 is 9.53 Å². The number of amides is 1. The van der Waals surface area contributed by atoms with Gasteiger partial charge in [0.25, 0.3) is 5.91 Å². The highest BCUT2D eigenvalue weighted by Gasteiger charge is 2.22. The summed E-state index contributed by atoms with van der Waals surface area (Å²) >= 11 is 0. The molecule has 21 heavy (non-hydrogen) atoms. The van der Waals surface area contributed by atoms with E-state index >= 15 is 0 Å². The molecule has 3 unspecified atom stereocenters. The second kappa shape index (κ2) is 7.46. The zero-order valence-corrected chi connectivity index (χ0v) is 13.2. The fraction of sp³-hybridized carbons (Fsp3) is 0.588. The van der Waals surface area contributed by atoms with Gasteiger partial charge in [0.2, 0.25) is 0 Å². The first-order chi connectivity index (χ1) is 10.1. The summed E-state index contributed by atoms with van der Waals surface area (Å²) in [7, 11) is 0. The molecule has 1 aromatic rings. The van der Waals surface area contributed by atoms with Crippen molar-refractivity contribution in [3.63, 3.8) is 0 Å². The highest BCUT2D eigenvalue weighted by molar-refractivity contribution is 5.94. The second-order valence-electron chi connectivity index (χ2n) is 5.91. The van der Waals surface area contributed by atoms with Crippen molar-refractivity contribution in [1.29, 1.82) is 0 Å². The lowest BCUT2D eigenvalue weighted by Crippen LogP contribution is -2.50. The van der Waals surface area contributed by atoms with Gasteiger partial charge in [0.15, 0.2) is 0 Å². The Morgan fingerprint density at radius 2 is 2.14 bits per heavy atom. The van der Waals surface area contributed by atoms with Gasteiger partial charge in [-0.1, -0.05) is 13.8 Å². The van der Waals surface area contributed by atoms with E-state index in [1.54, 1.807) is 0 Å². The molecule has 4 heteroatoms. The van der Waals surface area contributed by atoms with Crippen LogP contribution in [0.2, 0.25) is 0 Å². The van der Waals surface area contributed by atoms with E-state index in [-0.39, 0.29) is 18.1 Å². The van der Waals surface area contributed by atoms with Crippen LogP contribution in [0.1, 0.15) is 44.0 Å². The summed E-state index contributed by atoms with van der Waals surface area (Å²) in [4.78, 5) is 12.3. The van der Waals surface area contributed by atoms with Crippen molar-refractivity contribution in [3.05, 3.63) is 29.8 Å². The summed E-state index contributed by atoms with van der Waals surface area (Å²) in [5.74, 6) is 1.32. The van der Waals surface area contributed by atoms with Crippen LogP contribution in [0.3, 0.4) is 0 Å². The van der Waals surface area contributed by atoms with Crippen LogP contribution in [0.5, 0.6) is 5.75 Å². The average Bonchev–Trinajstić information content (AvgIpc) is 2.50. The third kappa shape index (κ3) is 4.46. The van der Waals surface area contributed by atoms with Crippen LogP contribution in [-0.2, 0) is 0 Å². The number of nitrogens with one attached hydrogen (secondary N) is 2. The van der Waals surface area contributed by atoms with Gasteiger partial charge in [0.05, 0.1) is 6.10 Å². The molecule has 1 fully saturated rings. The monoisotopic (exact) mass is 290 g/mol. The van der Waals surface area contributed by atoms with Crippen LogP contribution in [0, 0.1) is 5.92 Å². The predicted octanol–water partition coefficient (Wildman–Crippen LogP) is 2.59. The molecule has 0 spiro atoms. The summed E-state index contributed by atoms with van der Waals surface area (Å²) in [5.41, 5.74) is 0.685. The van der Waals surface area contributed by atoms with Gasteiger partial charge in [-0.05, 0) is 56.5 Å². The highest BCUT2D eigenvalue weighted by Crippen LogP contribution is 2.16. The first kappa shape index (κ1) is 15.8. The van der Waals surface area contributed by atoms with E-state index in [0.717, 1.165) is 31.7 Å². The third-order valence-corrected chi connectivity index (χ3v) is 4.17. The molecule has 2 rings (SSSR count). The molecule has 1 amide bonds. The van der Waals surface area contributed by atoms with Gasteiger partial charge >= 0.3 is 0 Å². The van der Waals surface area contributed by atoms with Crippen LogP contribution in [0.15, 0.2) is 24.3 Å². The average molecular weight is 290 g/mol. The topological polar surface area (TPSA) is 50.4 Å². The fourth-order valence-corrected chi connectivity index (χ4v) is 2.44. The van der Waals surface area contributed by atoms with E-state index in [0.29, 0.717) is 11.5 Å². The molecule has 4 nitrogen and oxygen atoms in total. The number of carbonyl (C=O) groups is 1. The number of benzene rings is 1. The maximum atomic E-state index is 12.3. The number of hydrogen-bond acceptors (Lipinski definition) is 3. The smallest absolute Gasteiger partial charge is 0.251 e. The molecule has 1 aromatic carbocycles. The molecule has 2 N–H and O–H groups in total. The van der Waals surface area contributed by atoms with E-state index in [2.05, 4.69) is 24.5 Å². The Balaban J connectivity index is 1.93. The zero-order chi connectivity index (χ0) is 15.2. The Hall–Kier alpha value is -1.55. The Morgan fingerprint density at radius 1 is 1.43 bits per heavy atom. The quantitative estimate of drug-likeness (QED) is 0.876. The molecule has 3 atom stereocenters. The number of hydrogen-bond donors (Lipinski definition) is 2. The maximum absolute atomic E-state index is 12.3. The lowest BCUT2D eigenvalue weighted by atomic mass is 9.94. The first-order valence-electron chi connectivity index (χ1n) is 7.88. The molecule has 116 valence electrons. The second-order valence-corrected chi connectivity index (χ2v) is 5.91. The minimum atomic E-state index is -0.00867. The van der Waals surface area contributed by atoms with Crippen LogP contribution in [-0.4, -0.2) is 31.1 Å². The first-order valence-corrected chi connectivity index (χ1v) is 7.88. The summed E-state index contributed by atoms with van der Waals surface area (Å²) in [6, 6.07) is 7.59. The van der Waals surface area contributed by atoms with Gasteiger partial charge in [-0.2, -0.15) is 0 Å². The molecular weight excluding hydrogens is 264 g/mol. The summed E-state index contributed by atoms with van der Waals surface area (Å²) in [6.45, 7) is 8.20. The molecule has 1 aliphatic heterocycles. The number of rotatable bonds is 5. The van der Waals surface area contributed by atoms with E-state index in [4.69, 9.17) is 4.74 Å². The molecular formula is C17H26N2O2. The number of ether oxygens (including phenoxy) is 1. The fourth-order valence-electron chi connectivity index (χ4n) is 2.44. The van der Waals surface area contributed by atoms with Crippen molar-refractivity contribution in [2.45, 2.75) is 45.8 Å². The normalized spacial score (nSPS) is 23.4. The van der Waals surface area contributed by atoms with Gasteiger partial charge in [0.1, 0.15) is 5.75 Å². The molecule has 1 aliphatic rings. The number of piperidine rings is 1. The highest BCUT2D eigenvalue weighted by atomic mass is 16.5. The van der Waals surface area contributed by atoms with Crippen LogP contribution in [0.25, 0.3) is 0 Å². The Labute approximate surface area is 127 Å². The van der Waals surface area contributed by atoms with Gasteiger partial charge in [0, 0.05) is 18.2 Å². The number of carbonyl (C=O) groups excluding carboxylic acids is 1. The van der Waals surface area contributed by atoms with Crippen LogP contribution >= 0.6 is 0 Å². The lowest BCUT2D eigenvalue weighted by Gasteiger charge is -2.30. The van der Waals surface area contributed by atoms with Gasteiger partial charge < -0.3 is 15.4 Å². The molecule has 0 aliphatic carbocycles. The molecule has 0 aromatic heterocycles. The van der Waals surface area contributed by atoms with E-state index in [9.17, 15) is 4.79 Å². The van der Waals surface area contributed by atoms with Gasteiger partial charge in [-0.25, -0.2) is 0 Å². The third-order valence-electron chi connectivity index (χ3n) is 4.17. The van der Waals surface area contributed by atoms with Gasteiger partial charge in [-0.15, -0.1) is 0 Å². The molecule has 1 heterocycles. The van der Waals surface area contributed by atoms with Crippen LogP contribution in [0.4, 0.5) is 0 Å². The summed E-state index contributed by atoms with van der Waals surface area (Å²) in [5, 5.41) is 6.44. The van der Waals surface area contributed by atoms with Gasteiger partial charge in [-0.3, -0.25) is 4.79 Å². The summed E-state index contributed by atoms with van der Waals surface area (Å²) in [6.07, 6.45) is 2.26. The molecule has 1 saturated heterocycles.